The standard InChI is InChI=1S/C24H25Cl2N7/c25-17-7-4-8-18(26)19(17)21-20-22(27)32-33(14-11-15-9-12-28-13-10-15)23(20)31-24(30-21)29-16-5-2-1-3-6-16/h1-8,15,28H,9-14H2,(H2,27,32)(H,29,30,31). The Balaban J connectivity index is 1.61. The van der Waals surface area contributed by atoms with E-state index < -0.39 is 0 Å². The first-order chi connectivity index (χ1) is 16.1. The highest BCUT2D eigenvalue weighted by molar-refractivity contribution is 6.39. The molecule has 2 aromatic carbocycles. The van der Waals surface area contributed by atoms with Crippen LogP contribution < -0.4 is 16.4 Å². The molecule has 0 atom stereocenters. The summed E-state index contributed by atoms with van der Waals surface area (Å²) in [6.07, 6.45) is 3.36. The van der Waals surface area contributed by atoms with E-state index in [0.29, 0.717) is 50.0 Å². The number of piperidine rings is 1. The van der Waals surface area contributed by atoms with E-state index in [1.165, 1.54) is 12.8 Å². The number of aryl methyl sites for hydroxylation is 1. The maximum atomic E-state index is 6.56. The molecule has 1 fully saturated rings. The number of hydrogen-bond acceptors (Lipinski definition) is 6. The number of fused-ring (bicyclic) bond motifs is 1. The first-order valence-corrected chi connectivity index (χ1v) is 11.9. The van der Waals surface area contributed by atoms with E-state index in [0.717, 1.165) is 31.7 Å². The van der Waals surface area contributed by atoms with E-state index >= 15 is 0 Å². The quantitative estimate of drug-likeness (QED) is 0.335. The van der Waals surface area contributed by atoms with Gasteiger partial charge in [0, 0.05) is 17.8 Å². The van der Waals surface area contributed by atoms with E-state index in [4.69, 9.17) is 38.9 Å². The molecule has 4 N–H and O–H groups in total. The summed E-state index contributed by atoms with van der Waals surface area (Å²) in [5.74, 6) is 1.46. The number of rotatable bonds is 6. The van der Waals surface area contributed by atoms with Crippen LogP contribution in [0.25, 0.3) is 22.3 Å². The van der Waals surface area contributed by atoms with Gasteiger partial charge in [-0.05, 0) is 62.5 Å². The van der Waals surface area contributed by atoms with Crippen molar-refractivity contribution in [3.05, 3.63) is 58.6 Å². The van der Waals surface area contributed by atoms with E-state index in [1.807, 2.05) is 41.1 Å². The molecule has 5 rings (SSSR count). The second-order valence-corrected chi connectivity index (χ2v) is 9.09. The van der Waals surface area contributed by atoms with Crippen LogP contribution in [0.2, 0.25) is 10.0 Å². The van der Waals surface area contributed by atoms with Crippen LogP contribution >= 0.6 is 23.2 Å². The molecule has 7 nitrogen and oxygen atoms in total. The van der Waals surface area contributed by atoms with Gasteiger partial charge in [0.05, 0.1) is 21.1 Å². The van der Waals surface area contributed by atoms with Crippen LogP contribution in [-0.4, -0.2) is 32.8 Å². The molecule has 2 aromatic heterocycles. The maximum absolute atomic E-state index is 6.56. The van der Waals surface area contributed by atoms with Gasteiger partial charge in [0.15, 0.2) is 11.5 Å². The van der Waals surface area contributed by atoms with Crippen LogP contribution in [0.5, 0.6) is 0 Å². The topological polar surface area (TPSA) is 93.7 Å². The van der Waals surface area contributed by atoms with Crippen molar-refractivity contribution in [1.29, 1.82) is 0 Å². The summed E-state index contributed by atoms with van der Waals surface area (Å²) in [6, 6.07) is 15.2. The Morgan fingerprint density at radius 1 is 1.00 bits per heavy atom. The molecule has 0 aliphatic carbocycles. The Kier molecular flexibility index (Phi) is 6.35. The molecular formula is C24H25Cl2N7. The highest BCUT2D eigenvalue weighted by Gasteiger charge is 2.22. The Bertz CT molecular complexity index is 1250. The molecule has 4 aromatic rings. The highest BCUT2D eigenvalue weighted by Crippen LogP contribution is 2.39. The zero-order valence-electron chi connectivity index (χ0n) is 18.1. The summed E-state index contributed by atoms with van der Waals surface area (Å²) in [5.41, 5.74) is 9.13. The average molecular weight is 482 g/mol. The lowest BCUT2D eigenvalue weighted by Crippen LogP contribution is -2.28. The summed E-state index contributed by atoms with van der Waals surface area (Å²) in [4.78, 5) is 9.58. The molecule has 0 bridgehead atoms. The summed E-state index contributed by atoms with van der Waals surface area (Å²) in [5, 5.41) is 13.0. The minimum Gasteiger partial charge on any atom is -0.382 e. The van der Waals surface area contributed by atoms with Crippen molar-refractivity contribution in [2.75, 3.05) is 24.1 Å². The van der Waals surface area contributed by atoms with Crippen molar-refractivity contribution in [3.63, 3.8) is 0 Å². The predicted molar refractivity (Wildman–Crippen MR) is 135 cm³/mol. The molecule has 0 spiro atoms. The van der Waals surface area contributed by atoms with Gasteiger partial charge in [0.2, 0.25) is 5.95 Å². The fourth-order valence-corrected chi connectivity index (χ4v) is 4.92. The Morgan fingerprint density at radius 3 is 2.45 bits per heavy atom. The summed E-state index contributed by atoms with van der Waals surface area (Å²) in [6.45, 7) is 2.86. The van der Waals surface area contributed by atoms with E-state index in [1.54, 1.807) is 12.1 Å². The van der Waals surface area contributed by atoms with Crippen LogP contribution in [0, 0.1) is 5.92 Å². The number of halogens is 2. The van der Waals surface area contributed by atoms with Gasteiger partial charge in [-0.15, -0.1) is 0 Å². The number of nitrogens with one attached hydrogen (secondary N) is 2. The van der Waals surface area contributed by atoms with E-state index in [-0.39, 0.29) is 0 Å². The summed E-state index contributed by atoms with van der Waals surface area (Å²) in [7, 11) is 0. The lowest BCUT2D eigenvalue weighted by atomic mass is 9.95. The number of benzene rings is 2. The monoisotopic (exact) mass is 481 g/mol. The van der Waals surface area contributed by atoms with Gasteiger partial charge >= 0.3 is 0 Å². The zero-order chi connectivity index (χ0) is 22.8. The molecule has 33 heavy (non-hydrogen) atoms. The lowest BCUT2D eigenvalue weighted by Gasteiger charge is -2.22. The van der Waals surface area contributed by atoms with Crippen molar-refractivity contribution < 1.29 is 0 Å². The first-order valence-electron chi connectivity index (χ1n) is 11.1. The Morgan fingerprint density at radius 2 is 1.73 bits per heavy atom. The Hall–Kier alpha value is -2.87. The van der Waals surface area contributed by atoms with Gasteiger partial charge in [-0.1, -0.05) is 47.5 Å². The number of nitrogens with zero attached hydrogens (tertiary/aromatic N) is 4. The van der Waals surface area contributed by atoms with Crippen molar-refractivity contribution in [1.82, 2.24) is 25.1 Å². The van der Waals surface area contributed by atoms with Gasteiger partial charge < -0.3 is 16.4 Å². The third-order valence-corrected chi connectivity index (χ3v) is 6.69. The normalized spacial score (nSPS) is 14.6. The third kappa shape index (κ3) is 4.62. The molecule has 3 heterocycles. The van der Waals surface area contributed by atoms with Crippen LogP contribution in [-0.2, 0) is 6.54 Å². The molecule has 1 saturated heterocycles. The van der Waals surface area contributed by atoms with Crippen LogP contribution in [0.1, 0.15) is 19.3 Å². The smallest absolute Gasteiger partial charge is 0.229 e. The highest BCUT2D eigenvalue weighted by atomic mass is 35.5. The molecule has 170 valence electrons. The zero-order valence-corrected chi connectivity index (χ0v) is 19.6. The largest absolute Gasteiger partial charge is 0.382 e. The summed E-state index contributed by atoms with van der Waals surface area (Å²) < 4.78 is 1.89. The minimum absolute atomic E-state index is 0.368. The number of nitrogens with two attached hydrogens (primary N) is 1. The second kappa shape index (κ2) is 9.55. The van der Waals surface area contributed by atoms with Gasteiger partial charge in [0.25, 0.3) is 0 Å². The van der Waals surface area contributed by atoms with E-state index in [2.05, 4.69) is 15.7 Å². The average Bonchev–Trinajstić information content (AvgIpc) is 3.14. The number of aromatic nitrogens is 4. The molecule has 9 heteroatoms. The van der Waals surface area contributed by atoms with Crippen molar-refractivity contribution in [2.24, 2.45) is 5.92 Å². The molecular weight excluding hydrogens is 457 g/mol. The molecule has 1 aliphatic rings. The molecule has 0 radical (unpaired) electrons. The van der Waals surface area contributed by atoms with Crippen LogP contribution in [0.3, 0.4) is 0 Å². The second-order valence-electron chi connectivity index (χ2n) is 8.27. The number of hydrogen-bond donors (Lipinski definition) is 3. The van der Waals surface area contributed by atoms with E-state index in [9.17, 15) is 0 Å². The molecule has 0 amide bonds. The van der Waals surface area contributed by atoms with Crippen molar-refractivity contribution in [2.45, 2.75) is 25.8 Å². The van der Waals surface area contributed by atoms with Gasteiger partial charge in [-0.3, -0.25) is 0 Å². The maximum Gasteiger partial charge on any atom is 0.229 e. The van der Waals surface area contributed by atoms with Crippen molar-refractivity contribution >= 4 is 51.7 Å². The number of para-hydroxylation sites is 1. The van der Waals surface area contributed by atoms with Crippen LogP contribution in [0.15, 0.2) is 48.5 Å². The van der Waals surface area contributed by atoms with Gasteiger partial charge in [-0.25, -0.2) is 9.67 Å². The van der Waals surface area contributed by atoms with Crippen molar-refractivity contribution in [3.8, 4) is 11.3 Å². The number of nitrogen functional groups attached to an aromatic ring is 1. The number of anilines is 3. The van der Waals surface area contributed by atoms with Gasteiger partial charge in [0.1, 0.15) is 0 Å². The minimum atomic E-state index is 0.368. The fourth-order valence-electron chi connectivity index (χ4n) is 4.34. The first kappa shape index (κ1) is 21.9. The van der Waals surface area contributed by atoms with Crippen LogP contribution in [0.4, 0.5) is 17.5 Å². The predicted octanol–water partition coefficient (Wildman–Crippen LogP) is 5.52. The molecule has 0 unspecified atom stereocenters. The van der Waals surface area contributed by atoms with Gasteiger partial charge in [-0.2, -0.15) is 10.1 Å². The Labute approximate surface area is 202 Å². The third-order valence-electron chi connectivity index (χ3n) is 6.06. The molecule has 1 aliphatic heterocycles. The molecule has 0 saturated carbocycles. The lowest BCUT2D eigenvalue weighted by molar-refractivity contribution is 0.334. The SMILES string of the molecule is Nc1nn(CCC2CCNCC2)c2nc(Nc3ccccc3)nc(-c3c(Cl)cccc3Cl)c12. The summed E-state index contributed by atoms with van der Waals surface area (Å²) >= 11 is 13.1. The fraction of sp³-hybridized carbons (Fsp3) is 0.292.